The van der Waals surface area contributed by atoms with E-state index in [9.17, 15) is 13.2 Å². The molecule has 0 heterocycles. The Morgan fingerprint density at radius 3 is 2.48 bits per heavy atom. The van der Waals surface area contributed by atoms with E-state index in [-0.39, 0.29) is 28.5 Å². The number of nitrogens with zero attached hydrogens (tertiary/aromatic N) is 1. The second-order valence-electron chi connectivity index (χ2n) is 6.05. The standard InChI is InChI=1S/C17H25ClN2O4S/c1-3-20(4-2)17(21)12-24-16-10-9-14(11-15(16)18)25(22,23)19-13-7-5-6-8-13/h9-11,13,19H,3-8,12H2,1-2H3. The van der Waals surface area contributed by atoms with Crippen molar-refractivity contribution in [1.29, 1.82) is 0 Å². The number of amides is 1. The van der Waals surface area contributed by atoms with E-state index in [0.29, 0.717) is 18.8 Å². The Morgan fingerprint density at radius 1 is 1.28 bits per heavy atom. The smallest absolute Gasteiger partial charge is 0.260 e. The molecular weight excluding hydrogens is 364 g/mol. The number of carbonyl (C=O) groups is 1. The molecule has 0 bridgehead atoms. The zero-order chi connectivity index (χ0) is 18.4. The van der Waals surface area contributed by atoms with Crippen LogP contribution in [0.4, 0.5) is 0 Å². The molecule has 140 valence electrons. The van der Waals surface area contributed by atoms with Crippen molar-refractivity contribution in [3.63, 3.8) is 0 Å². The molecule has 1 aliphatic carbocycles. The van der Waals surface area contributed by atoms with Gasteiger partial charge in [0.2, 0.25) is 10.0 Å². The summed E-state index contributed by atoms with van der Waals surface area (Å²) in [6.45, 7) is 4.87. The average Bonchev–Trinajstić information content (AvgIpc) is 3.07. The highest BCUT2D eigenvalue weighted by Gasteiger charge is 2.23. The molecule has 0 unspecified atom stereocenters. The molecule has 6 nitrogen and oxygen atoms in total. The summed E-state index contributed by atoms with van der Waals surface area (Å²) in [5, 5.41) is 0.168. The summed E-state index contributed by atoms with van der Waals surface area (Å²) in [6.07, 6.45) is 3.81. The third-order valence-corrected chi connectivity index (χ3v) is 6.17. The van der Waals surface area contributed by atoms with Gasteiger partial charge < -0.3 is 9.64 Å². The summed E-state index contributed by atoms with van der Waals surface area (Å²) in [5.41, 5.74) is 0. The number of hydrogen-bond donors (Lipinski definition) is 1. The quantitative estimate of drug-likeness (QED) is 0.742. The molecule has 0 saturated heterocycles. The van der Waals surface area contributed by atoms with Crippen LogP contribution in [0.1, 0.15) is 39.5 Å². The van der Waals surface area contributed by atoms with Crippen molar-refractivity contribution in [2.75, 3.05) is 19.7 Å². The molecule has 0 radical (unpaired) electrons. The summed E-state index contributed by atoms with van der Waals surface area (Å²) in [6, 6.07) is 4.28. The zero-order valence-corrected chi connectivity index (χ0v) is 16.2. The molecule has 2 rings (SSSR count). The number of sulfonamides is 1. The van der Waals surface area contributed by atoms with Crippen molar-refractivity contribution >= 4 is 27.5 Å². The van der Waals surface area contributed by atoms with Crippen molar-refractivity contribution in [3.05, 3.63) is 23.2 Å². The van der Waals surface area contributed by atoms with E-state index < -0.39 is 10.0 Å². The molecule has 1 aromatic rings. The number of rotatable bonds is 8. The minimum atomic E-state index is -3.60. The van der Waals surface area contributed by atoms with Crippen molar-refractivity contribution in [2.45, 2.75) is 50.5 Å². The second kappa shape index (κ2) is 8.87. The molecule has 1 aromatic carbocycles. The van der Waals surface area contributed by atoms with Crippen LogP contribution < -0.4 is 9.46 Å². The fraction of sp³-hybridized carbons (Fsp3) is 0.588. The number of hydrogen-bond acceptors (Lipinski definition) is 4. The van der Waals surface area contributed by atoms with Gasteiger partial charge in [-0.2, -0.15) is 0 Å². The van der Waals surface area contributed by atoms with Gasteiger partial charge in [0.15, 0.2) is 6.61 Å². The summed E-state index contributed by atoms with van der Waals surface area (Å²) in [5.74, 6) is 0.155. The number of benzene rings is 1. The highest BCUT2D eigenvalue weighted by atomic mass is 35.5. The molecule has 0 atom stereocenters. The summed E-state index contributed by atoms with van der Waals surface area (Å²) in [7, 11) is -3.60. The molecule has 25 heavy (non-hydrogen) atoms. The molecule has 1 fully saturated rings. The lowest BCUT2D eigenvalue weighted by atomic mass is 10.3. The topological polar surface area (TPSA) is 75.7 Å². The van der Waals surface area contributed by atoms with Gasteiger partial charge in [0.25, 0.3) is 5.91 Å². The summed E-state index contributed by atoms with van der Waals surface area (Å²) < 4.78 is 33.0. The normalized spacial score (nSPS) is 15.3. The van der Waals surface area contributed by atoms with Crippen LogP contribution in [-0.2, 0) is 14.8 Å². The van der Waals surface area contributed by atoms with Gasteiger partial charge in [-0.25, -0.2) is 13.1 Å². The minimum Gasteiger partial charge on any atom is -0.482 e. The molecule has 1 amide bonds. The maximum atomic E-state index is 12.4. The van der Waals surface area contributed by atoms with Crippen molar-refractivity contribution < 1.29 is 17.9 Å². The van der Waals surface area contributed by atoms with Crippen LogP contribution >= 0.6 is 11.6 Å². The van der Waals surface area contributed by atoms with E-state index in [0.717, 1.165) is 25.7 Å². The van der Waals surface area contributed by atoms with E-state index in [4.69, 9.17) is 16.3 Å². The summed E-state index contributed by atoms with van der Waals surface area (Å²) >= 11 is 6.14. The Morgan fingerprint density at radius 2 is 1.92 bits per heavy atom. The number of carbonyl (C=O) groups excluding carboxylic acids is 1. The zero-order valence-electron chi connectivity index (χ0n) is 14.6. The number of halogens is 1. The first-order valence-corrected chi connectivity index (χ1v) is 10.5. The maximum absolute atomic E-state index is 12.4. The number of likely N-dealkylation sites (N-methyl/N-ethyl adjacent to an activating group) is 1. The van der Waals surface area contributed by atoms with Gasteiger partial charge in [-0.15, -0.1) is 0 Å². The molecule has 1 saturated carbocycles. The van der Waals surface area contributed by atoms with E-state index in [2.05, 4.69) is 4.72 Å². The van der Waals surface area contributed by atoms with E-state index in [1.807, 2.05) is 13.8 Å². The third-order valence-electron chi connectivity index (χ3n) is 4.36. The third kappa shape index (κ3) is 5.33. The van der Waals surface area contributed by atoms with Gasteiger partial charge in [-0.3, -0.25) is 4.79 Å². The van der Waals surface area contributed by atoms with Gasteiger partial charge in [0.1, 0.15) is 5.75 Å². The monoisotopic (exact) mass is 388 g/mol. The van der Waals surface area contributed by atoms with Crippen LogP contribution in [0.25, 0.3) is 0 Å². The van der Waals surface area contributed by atoms with Crippen molar-refractivity contribution in [3.8, 4) is 5.75 Å². The Hall–Kier alpha value is -1.31. The number of nitrogens with one attached hydrogen (secondary N) is 1. The van der Waals surface area contributed by atoms with Crippen molar-refractivity contribution in [1.82, 2.24) is 9.62 Å². The molecule has 0 aromatic heterocycles. The first kappa shape index (κ1) is 20.0. The fourth-order valence-electron chi connectivity index (χ4n) is 2.90. The van der Waals surface area contributed by atoms with E-state index >= 15 is 0 Å². The summed E-state index contributed by atoms with van der Waals surface area (Å²) in [4.78, 5) is 13.7. The second-order valence-corrected chi connectivity index (χ2v) is 8.17. The number of ether oxygens (including phenoxy) is 1. The predicted octanol–water partition coefficient (Wildman–Crippen LogP) is 2.81. The Kier molecular flexibility index (Phi) is 7.10. The average molecular weight is 389 g/mol. The van der Waals surface area contributed by atoms with Crippen LogP contribution in [0.15, 0.2) is 23.1 Å². The Labute approximate surface area is 154 Å². The SMILES string of the molecule is CCN(CC)C(=O)COc1ccc(S(=O)(=O)NC2CCCC2)cc1Cl. The lowest BCUT2D eigenvalue weighted by Gasteiger charge is -2.19. The lowest BCUT2D eigenvalue weighted by Crippen LogP contribution is -2.34. The molecule has 8 heteroatoms. The fourth-order valence-corrected chi connectivity index (χ4v) is 4.53. The Bertz CT molecular complexity index is 699. The van der Waals surface area contributed by atoms with Crippen LogP contribution in [-0.4, -0.2) is 45.0 Å². The van der Waals surface area contributed by atoms with Gasteiger partial charge in [-0.05, 0) is 44.9 Å². The van der Waals surface area contributed by atoms with E-state index in [1.54, 1.807) is 4.90 Å². The highest BCUT2D eigenvalue weighted by molar-refractivity contribution is 7.89. The maximum Gasteiger partial charge on any atom is 0.260 e. The molecule has 1 aliphatic rings. The van der Waals surface area contributed by atoms with Gasteiger partial charge >= 0.3 is 0 Å². The minimum absolute atomic E-state index is 0.00797. The molecular formula is C17H25ClN2O4S. The lowest BCUT2D eigenvalue weighted by molar-refractivity contribution is -0.132. The highest BCUT2D eigenvalue weighted by Crippen LogP contribution is 2.28. The van der Waals surface area contributed by atoms with Crippen LogP contribution in [0, 0.1) is 0 Å². The largest absolute Gasteiger partial charge is 0.482 e. The molecule has 1 N–H and O–H groups in total. The van der Waals surface area contributed by atoms with Gasteiger partial charge in [-0.1, -0.05) is 24.4 Å². The van der Waals surface area contributed by atoms with Crippen LogP contribution in [0.2, 0.25) is 5.02 Å². The molecule has 0 spiro atoms. The first-order chi connectivity index (χ1) is 11.9. The predicted molar refractivity (Wildman–Crippen MR) is 97.5 cm³/mol. The first-order valence-electron chi connectivity index (χ1n) is 8.59. The van der Waals surface area contributed by atoms with E-state index in [1.165, 1.54) is 18.2 Å². The molecule has 0 aliphatic heterocycles. The van der Waals surface area contributed by atoms with Crippen LogP contribution in [0.5, 0.6) is 5.75 Å². The van der Waals surface area contributed by atoms with Crippen LogP contribution in [0.3, 0.4) is 0 Å². The Balaban J connectivity index is 2.03. The van der Waals surface area contributed by atoms with Crippen molar-refractivity contribution in [2.24, 2.45) is 0 Å². The van der Waals surface area contributed by atoms with Gasteiger partial charge in [0, 0.05) is 19.1 Å². The van der Waals surface area contributed by atoms with Gasteiger partial charge in [0.05, 0.1) is 9.92 Å².